The third-order valence-electron chi connectivity index (χ3n) is 4.24. The van der Waals surface area contributed by atoms with Crippen LogP contribution in [0.4, 0.5) is 0 Å². The number of nitrogens with one attached hydrogen (secondary N) is 1. The average molecular weight is 327 g/mol. The van der Waals surface area contributed by atoms with Crippen LogP contribution in [-0.2, 0) is 14.8 Å². The van der Waals surface area contributed by atoms with Gasteiger partial charge in [-0.25, -0.2) is 8.42 Å². The normalized spacial score (nSPS) is 23.5. The van der Waals surface area contributed by atoms with Crippen molar-refractivity contribution in [2.45, 2.75) is 50.5 Å². The molecule has 2 aliphatic rings. The second-order valence-electron chi connectivity index (χ2n) is 6.14. The Morgan fingerprint density at radius 2 is 2.05 bits per heavy atom. The maximum Gasteiger partial charge on any atom is 0.248 e. The summed E-state index contributed by atoms with van der Waals surface area (Å²) in [5, 5.41) is 6.68. The molecule has 1 amide bonds. The van der Waals surface area contributed by atoms with Crippen LogP contribution < -0.4 is 5.32 Å². The summed E-state index contributed by atoms with van der Waals surface area (Å²) < 4.78 is 31.9. The standard InChI is InChI=1S/C14H21N3O4S/c1-9-13(10(2)21-16-9)22(19,20)17-7-3-4-11(8-17)14(18)15-12-5-6-12/h11-12H,3-8H2,1-2H3,(H,15,18). The van der Waals surface area contributed by atoms with Gasteiger partial charge in [0, 0.05) is 19.1 Å². The van der Waals surface area contributed by atoms with E-state index in [-0.39, 0.29) is 23.3 Å². The van der Waals surface area contributed by atoms with Gasteiger partial charge in [-0.15, -0.1) is 0 Å². The van der Waals surface area contributed by atoms with Crippen molar-refractivity contribution in [3.8, 4) is 0 Å². The molecule has 1 saturated heterocycles. The summed E-state index contributed by atoms with van der Waals surface area (Å²) in [4.78, 5) is 12.3. The molecule has 0 bridgehead atoms. The van der Waals surface area contributed by atoms with Crippen molar-refractivity contribution in [1.29, 1.82) is 0 Å². The van der Waals surface area contributed by atoms with Crippen molar-refractivity contribution in [2.24, 2.45) is 5.92 Å². The summed E-state index contributed by atoms with van der Waals surface area (Å²) in [5.74, 6) is -0.00665. The van der Waals surface area contributed by atoms with E-state index in [1.165, 1.54) is 4.31 Å². The number of hydrogen-bond acceptors (Lipinski definition) is 5. The number of hydrogen-bond donors (Lipinski definition) is 1. The maximum atomic E-state index is 12.8. The molecular formula is C14H21N3O4S. The van der Waals surface area contributed by atoms with Crippen LogP contribution in [0, 0.1) is 19.8 Å². The zero-order valence-corrected chi connectivity index (χ0v) is 13.6. The lowest BCUT2D eigenvalue weighted by atomic mass is 9.99. The molecule has 1 aromatic heterocycles. The molecule has 0 aromatic carbocycles. The predicted molar refractivity (Wildman–Crippen MR) is 78.6 cm³/mol. The first-order chi connectivity index (χ1) is 10.4. The Morgan fingerprint density at radius 3 is 2.64 bits per heavy atom. The summed E-state index contributed by atoms with van der Waals surface area (Å²) in [6.45, 7) is 3.86. The molecule has 1 unspecified atom stereocenters. The zero-order valence-electron chi connectivity index (χ0n) is 12.8. The van der Waals surface area contributed by atoms with Crippen LogP contribution >= 0.6 is 0 Å². The van der Waals surface area contributed by atoms with Gasteiger partial charge >= 0.3 is 0 Å². The van der Waals surface area contributed by atoms with E-state index in [1.807, 2.05) is 0 Å². The van der Waals surface area contributed by atoms with E-state index in [9.17, 15) is 13.2 Å². The first-order valence-corrected chi connectivity index (χ1v) is 9.07. The maximum absolute atomic E-state index is 12.8. The number of sulfonamides is 1. The van der Waals surface area contributed by atoms with Gasteiger partial charge in [0.1, 0.15) is 10.6 Å². The molecule has 22 heavy (non-hydrogen) atoms. The van der Waals surface area contributed by atoms with Crippen molar-refractivity contribution >= 4 is 15.9 Å². The molecule has 2 heterocycles. The number of nitrogens with zero attached hydrogens (tertiary/aromatic N) is 2. The van der Waals surface area contributed by atoms with Gasteiger partial charge in [-0.2, -0.15) is 4.31 Å². The summed E-state index contributed by atoms with van der Waals surface area (Å²) in [6.07, 6.45) is 3.47. The quantitative estimate of drug-likeness (QED) is 0.889. The fourth-order valence-corrected chi connectivity index (χ4v) is 4.71. The van der Waals surface area contributed by atoms with Crippen molar-refractivity contribution in [1.82, 2.24) is 14.8 Å². The van der Waals surface area contributed by atoms with Crippen molar-refractivity contribution in [3.05, 3.63) is 11.5 Å². The highest BCUT2D eigenvalue weighted by Crippen LogP contribution is 2.28. The second-order valence-corrected chi connectivity index (χ2v) is 8.01. The summed E-state index contributed by atoms with van der Waals surface area (Å²) in [6, 6.07) is 0.294. The van der Waals surface area contributed by atoms with Crippen molar-refractivity contribution in [3.63, 3.8) is 0 Å². The third kappa shape index (κ3) is 2.89. The molecule has 1 atom stereocenters. The fraction of sp³-hybridized carbons (Fsp3) is 0.714. The first-order valence-electron chi connectivity index (χ1n) is 7.63. The van der Waals surface area contributed by atoms with Gasteiger partial charge in [-0.05, 0) is 39.5 Å². The average Bonchev–Trinajstić information content (AvgIpc) is 3.22. The molecular weight excluding hydrogens is 306 g/mol. The molecule has 1 saturated carbocycles. The Morgan fingerprint density at radius 1 is 1.32 bits per heavy atom. The van der Waals surface area contributed by atoms with E-state index in [2.05, 4.69) is 10.5 Å². The van der Waals surface area contributed by atoms with Crippen LogP contribution in [0.15, 0.2) is 9.42 Å². The van der Waals surface area contributed by atoms with Crippen molar-refractivity contribution < 1.29 is 17.7 Å². The molecule has 2 fully saturated rings. The molecule has 8 heteroatoms. The van der Waals surface area contributed by atoms with Gasteiger partial charge in [-0.3, -0.25) is 4.79 Å². The van der Waals surface area contributed by atoms with Crippen LogP contribution in [-0.4, -0.2) is 42.9 Å². The number of piperidine rings is 1. The number of aryl methyl sites for hydroxylation is 2. The summed E-state index contributed by atoms with van der Waals surface area (Å²) >= 11 is 0. The molecule has 122 valence electrons. The Kier molecular flexibility index (Phi) is 3.98. The SMILES string of the molecule is Cc1noc(C)c1S(=O)(=O)N1CCCC(C(=O)NC2CC2)C1. The Bertz CT molecular complexity index is 659. The van der Waals surface area contributed by atoms with Crippen LogP contribution in [0.2, 0.25) is 0 Å². The first kappa shape index (κ1) is 15.5. The Hall–Kier alpha value is -1.41. The molecule has 0 radical (unpaired) electrons. The van der Waals surface area contributed by atoms with Crippen LogP contribution in [0.1, 0.15) is 37.1 Å². The van der Waals surface area contributed by atoms with Crippen molar-refractivity contribution in [2.75, 3.05) is 13.1 Å². The molecule has 1 aliphatic heterocycles. The van der Waals surface area contributed by atoms with Gasteiger partial charge in [0.15, 0.2) is 5.76 Å². The molecule has 1 aromatic rings. The number of rotatable bonds is 4. The number of carbonyl (C=O) groups excluding carboxylic acids is 1. The molecule has 1 N–H and O–H groups in total. The summed E-state index contributed by atoms with van der Waals surface area (Å²) in [5.41, 5.74) is 0.363. The smallest absolute Gasteiger partial charge is 0.248 e. The van der Waals surface area contributed by atoms with Crippen LogP contribution in [0.3, 0.4) is 0 Å². The predicted octanol–water partition coefficient (Wildman–Crippen LogP) is 0.971. The lowest BCUT2D eigenvalue weighted by molar-refractivity contribution is -0.126. The van der Waals surface area contributed by atoms with E-state index in [0.29, 0.717) is 30.5 Å². The fourth-order valence-electron chi connectivity index (χ4n) is 2.89. The second kappa shape index (κ2) is 5.66. The number of carbonyl (C=O) groups is 1. The number of amides is 1. The van der Waals surface area contributed by atoms with Gasteiger partial charge in [0.2, 0.25) is 15.9 Å². The highest BCUT2D eigenvalue weighted by molar-refractivity contribution is 7.89. The lowest BCUT2D eigenvalue weighted by Crippen LogP contribution is -2.45. The summed E-state index contributed by atoms with van der Waals surface area (Å²) in [7, 11) is -3.66. The minimum absolute atomic E-state index is 0.0267. The van der Waals surface area contributed by atoms with E-state index < -0.39 is 10.0 Å². The van der Waals surface area contributed by atoms with E-state index >= 15 is 0 Å². The molecule has 0 spiro atoms. The number of aromatic nitrogens is 1. The van der Waals surface area contributed by atoms with E-state index in [1.54, 1.807) is 13.8 Å². The Balaban J connectivity index is 1.77. The molecule has 7 nitrogen and oxygen atoms in total. The largest absolute Gasteiger partial charge is 0.360 e. The minimum atomic E-state index is -3.66. The van der Waals surface area contributed by atoms with E-state index in [4.69, 9.17) is 4.52 Å². The molecule has 3 rings (SSSR count). The van der Waals surface area contributed by atoms with Gasteiger partial charge < -0.3 is 9.84 Å². The van der Waals surface area contributed by atoms with Crippen LogP contribution in [0.25, 0.3) is 0 Å². The topological polar surface area (TPSA) is 92.5 Å². The Labute approximate surface area is 130 Å². The lowest BCUT2D eigenvalue weighted by Gasteiger charge is -2.31. The van der Waals surface area contributed by atoms with Crippen LogP contribution in [0.5, 0.6) is 0 Å². The molecule has 1 aliphatic carbocycles. The highest BCUT2D eigenvalue weighted by atomic mass is 32.2. The van der Waals surface area contributed by atoms with E-state index in [0.717, 1.165) is 19.3 Å². The monoisotopic (exact) mass is 327 g/mol. The van der Waals surface area contributed by atoms with Gasteiger partial charge in [-0.1, -0.05) is 5.16 Å². The highest BCUT2D eigenvalue weighted by Gasteiger charge is 2.37. The van der Waals surface area contributed by atoms with Gasteiger partial charge in [0.05, 0.1) is 5.92 Å². The zero-order chi connectivity index (χ0) is 15.9. The van der Waals surface area contributed by atoms with Gasteiger partial charge in [0.25, 0.3) is 0 Å². The minimum Gasteiger partial charge on any atom is -0.360 e. The third-order valence-corrected chi connectivity index (χ3v) is 6.35.